The van der Waals surface area contributed by atoms with Crippen LogP contribution in [-0.4, -0.2) is 49.4 Å². The van der Waals surface area contributed by atoms with Crippen LogP contribution in [-0.2, 0) is 4.74 Å². The summed E-state index contributed by atoms with van der Waals surface area (Å²) < 4.78 is 5.41. The maximum Gasteiger partial charge on any atom is 0.126 e. The van der Waals surface area contributed by atoms with Crippen molar-refractivity contribution in [3.05, 3.63) is 35.7 Å². The van der Waals surface area contributed by atoms with Crippen molar-refractivity contribution >= 4 is 23.1 Å². The fraction of sp³-hybridized carbons (Fsp3) is 0.565. The summed E-state index contributed by atoms with van der Waals surface area (Å²) in [7, 11) is 0. The van der Waals surface area contributed by atoms with Crippen molar-refractivity contribution in [2.45, 2.75) is 39.0 Å². The van der Waals surface area contributed by atoms with Crippen LogP contribution in [0.5, 0.6) is 0 Å². The molecule has 2 aliphatic rings. The lowest BCUT2D eigenvalue weighted by Crippen LogP contribution is -2.22. The van der Waals surface area contributed by atoms with Crippen molar-refractivity contribution in [3.63, 3.8) is 0 Å². The molecule has 4 heterocycles. The van der Waals surface area contributed by atoms with Crippen molar-refractivity contribution < 1.29 is 4.74 Å². The highest BCUT2D eigenvalue weighted by Crippen LogP contribution is 2.30. The van der Waals surface area contributed by atoms with E-state index in [-0.39, 0.29) is 0 Å². The molecule has 2 saturated heterocycles. The standard InChI is InChI=1S/C18H23ClN4O.C5H11N/c1-2-21-18-8-16(17(19)12-23-18)14-7-15(11-20-10-14)22-9-13-3-5-24-6-4-13;1-2-4-6-5-3-1/h7-8,10-13,22H,2-6,9H2,1H3,(H,21,23);6H,1-5H2. The average molecular weight is 432 g/mol. The van der Waals surface area contributed by atoms with Gasteiger partial charge in [0, 0.05) is 56.0 Å². The van der Waals surface area contributed by atoms with E-state index in [0.717, 1.165) is 61.8 Å². The zero-order valence-electron chi connectivity index (χ0n) is 17.9. The highest BCUT2D eigenvalue weighted by atomic mass is 35.5. The summed E-state index contributed by atoms with van der Waals surface area (Å²) in [5.74, 6) is 1.48. The van der Waals surface area contributed by atoms with E-state index in [1.165, 1.54) is 32.4 Å². The van der Waals surface area contributed by atoms with Crippen molar-refractivity contribution in [3.8, 4) is 11.1 Å². The highest BCUT2D eigenvalue weighted by Gasteiger charge is 2.14. The van der Waals surface area contributed by atoms with Crippen LogP contribution in [0.2, 0.25) is 5.02 Å². The molecule has 4 rings (SSSR count). The lowest BCUT2D eigenvalue weighted by atomic mass is 10.0. The normalized spacial score (nSPS) is 17.0. The Bertz CT molecular complexity index is 751. The van der Waals surface area contributed by atoms with Crippen molar-refractivity contribution in [2.24, 2.45) is 5.92 Å². The van der Waals surface area contributed by atoms with Crippen LogP contribution in [0, 0.1) is 5.92 Å². The number of aromatic nitrogens is 2. The number of nitrogens with zero attached hydrogens (tertiary/aromatic N) is 2. The number of hydrogen-bond acceptors (Lipinski definition) is 6. The van der Waals surface area contributed by atoms with Crippen LogP contribution in [0.25, 0.3) is 11.1 Å². The molecule has 2 aromatic heterocycles. The third kappa shape index (κ3) is 7.42. The van der Waals surface area contributed by atoms with Gasteiger partial charge in [-0.2, -0.15) is 0 Å². The van der Waals surface area contributed by atoms with E-state index < -0.39 is 0 Å². The molecule has 2 fully saturated rings. The van der Waals surface area contributed by atoms with Gasteiger partial charge in [-0.3, -0.25) is 4.98 Å². The smallest absolute Gasteiger partial charge is 0.126 e. The van der Waals surface area contributed by atoms with E-state index in [4.69, 9.17) is 16.3 Å². The molecule has 30 heavy (non-hydrogen) atoms. The molecular weight excluding hydrogens is 398 g/mol. The molecule has 0 bridgehead atoms. The number of rotatable bonds is 6. The number of nitrogens with one attached hydrogen (secondary N) is 3. The molecule has 2 aliphatic heterocycles. The Morgan fingerprint density at radius 2 is 1.87 bits per heavy atom. The van der Waals surface area contributed by atoms with Gasteiger partial charge in [-0.1, -0.05) is 18.0 Å². The third-order valence-corrected chi connectivity index (χ3v) is 5.71. The Labute approximate surface area is 185 Å². The van der Waals surface area contributed by atoms with Crippen molar-refractivity contribution in [1.29, 1.82) is 0 Å². The number of anilines is 2. The van der Waals surface area contributed by atoms with E-state index in [9.17, 15) is 0 Å². The fourth-order valence-electron chi connectivity index (χ4n) is 3.64. The molecule has 0 spiro atoms. The van der Waals surface area contributed by atoms with E-state index in [1.54, 1.807) is 6.20 Å². The van der Waals surface area contributed by atoms with Crippen molar-refractivity contribution in [1.82, 2.24) is 15.3 Å². The molecule has 0 aliphatic carbocycles. The maximum atomic E-state index is 6.33. The summed E-state index contributed by atoms with van der Waals surface area (Å²) in [4.78, 5) is 8.64. The van der Waals surface area contributed by atoms with E-state index in [0.29, 0.717) is 10.9 Å². The number of piperidine rings is 1. The third-order valence-electron chi connectivity index (χ3n) is 5.41. The lowest BCUT2D eigenvalue weighted by molar-refractivity contribution is 0.0699. The van der Waals surface area contributed by atoms with Crippen LogP contribution in [0.4, 0.5) is 11.5 Å². The number of pyridine rings is 2. The first-order chi connectivity index (χ1) is 14.8. The summed E-state index contributed by atoms with van der Waals surface area (Å²) in [6.07, 6.45) is 11.8. The molecule has 0 amide bonds. The molecule has 0 aromatic carbocycles. The first kappa shape index (κ1) is 22.8. The first-order valence-electron chi connectivity index (χ1n) is 11.1. The van der Waals surface area contributed by atoms with Gasteiger partial charge in [0.1, 0.15) is 5.82 Å². The number of ether oxygens (including phenoxy) is 1. The molecule has 0 radical (unpaired) electrons. The SMILES string of the molecule is C1CCNCC1.CCNc1cc(-c2cncc(NCC3CCOCC3)c2)c(Cl)cn1. The zero-order chi connectivity index (χ0) is 21.0. The zero-order valence-corrected chi connectivity index (χ0v) is 18.7. The average Bonchev–Trinajstić information content (AvgIpc) is 2.81. The van der Waals surface area contributed by atoms with Crippen LogP contribution in [0.3, 0.4) is 0 Å². The fourth-order valence-corrected chi connectivity index (χ4v) is 3.85. The number of hydrogen-bond donors (Lipinski definition) is 3. The summed E-state index contributed by atoms with van der Waals surface area (Å²) in [6.45, 7) is 8.04. The maximum absolute atomic E-state index is 6.33. The summed E-state index contributed by atoms with van der Waals surface area (Å²) >= 11 is 6.33. The minimum absolute atomic E-state index is 0.625. The number of halogens is 1. The minimum atomic E-state index is 0.625. The van der Waals surface area contributed by atoms with Gasteiger partial charge in [-0.05, 0) is 63.7 Å². The minimum Gasteiger partial charge on any atom is -0.384 e. The van der Waals surface area contributed by atoms with Gasteiger partial charge in [-0.15, -0.1) is 0 Å². The Morgan fingerprint density at radius 3 is 2.53 bits per heavy atom. The second kappa shape index (κ2) is 12.7. The molecule has 7 heteroatoms. The largest absolute Gasteiger partial charge is 0.384 e. The quantitative estimate of drug-likeness (QED) is 0.608. The Hall–Kier alpha value is -1.89. The van der Waals surface area contributed by atoms with Crippen molar-refractivity contribution in [2.75, 3.05) is 50.0 Å². The van der Waals surface area contributed by atoms with Gasteiger partial charge >= 0.3 is 0 Å². The lowest BCUT2D eigenvalue weighted by Gasteiger charge is -2.22. The van der Waals surface area contributed by atoms with E-state index in [2.05, 4.69) is 32.0 Å². The predicted octanol–water partition coefficient (Wildman–Crippen LogP) is 4.83. The van der Waals surface area contributed by atoms with Gasteiger partial charge in [0.25, 0.3) is 0 Å². The second-order valence-corrected chi connectivity index (χ2v) is 8.20. The Balaban J connectivity index is 0.000000367. The van der Waals surface area contributed by atoms with Crippen LogP contribution in [0.1, 0.15) is 39.0 Å². The monoisotopic (exact) mass is 431 g/mol. The van der Waals surface area contributed by atoms with Gasteiger partial charge in [-0.25, -0.2) is 4.98 Å². The van der Waals surface area contributed by atoms with E-state index in [1.807, 2.05) is 25.4 Å². The summed E-state index contributed by atoms with van der Waals surface area (Å²) in [5, 5.41) is 10.6. The molecule has 0 atom stereocenters. The molecule has 0 saturated carbocycles. The molecule has 6 nitrogen and oxygen atoms in total. The van der Waals surface area contributed by atoms with Crippen LogP contribution >= 0.6 is 11.6 Å². The van der Waals surface area contributed by atoms with Gasteiger partial charge < -0.3 is 20.7 Å². The summed E-state index contributed by atoms with van der Waals surface area (Å²) in [6, 6.07) is 4.05. The first-order valence-corrected chi connectivity index (χ1v) is 11.5. The Kier molecular flexibility index (Phi) is 9.67. The molecule has 2 aromatic rings. The predicted molar refractivity (Wildman–Crippen MR) is 125 cm³/mol. The molecule has 164 valence electrons. The highest BCUT2D eigenvalue weighted by molar-refractivity contribution is 6.33. The topological polar surface area (TPSA) is 71.1 Å². The van der Waals surface area contributed by atoms with E-state index >= 15 is 0 Å². The molecular formula is C23H34ClN5O. The van der Waals surface area contributed by atoms with Crippen LogP contribution < -0.4 is 16.0 Å². The summed E-state index contributed by atoms with van der Waals surface area (Å²) in [5.41, 5.74) is 2.93. The second-order valence-electron chi connectivity index (χ2n) is 7.79. The van der Waals surface area contributed by atoms with Crippen LogP contribution in [0.15, 0.2) is 30.7 Å². The van der Waals surface area contributed by atoms with Gasteiger partial charge in [0.05, 0.1) is 10.7 Å². The van der Waals surface area contributed by atoms with Gasteiger partial charge in [0.2, 0.25) is 0 Å². The van der Waals surface area contributed by atoms with Gasteiger partial charge in [0.15, 0.2) is 0 Å². The molecule has 3 N–H and O–H groups in total. The molecule has 0 unspecified atom stereocenters. The Morgan fingerprint density at radius 1 is 1.07 bits per heavy atom.